The predicted molar refractivity (Wildman–Crippen MR) is 183 cm³/mol. The predicted octanol–water partition coefficient (Wildman–Crippen LogP) is 5.23. The van der Waals surface area contributed by atoms with Crippen LogP contribution in [0.1, 0.15) is 48.8 Å². The molecule has 1 aliphatic carbocycles. The van der Waals surface area contributed by atoms with Crippen LogP contribution in [0.5, 0.6) is 17.2 Å². The second-order valence-electron chi connectivity index (χ2n) is 11.7. The van der Waals surface area contributed by atoms with Crippen molar-refractivity contribution in [2.24, 2.45) is 5.73 Å². The number of hydrazine groups is 1. The zero-order valence-corrected chi connectivity index (χ0v) is 27.8. The van der Waals surface area contributed by atoms with Crippen LogP contribution in [0.4, 0.5) is 0 Å². The Morgan fingerprint density at radius 3 is 2.10 bits per heavy atom. The van der Waals surface area contributed by atoms with Crippen molar-refractivity contribution in [1.29, 1.82) is 0 Å². The molecule has 4 aromatic carbocycles. The van der Waals surface area contributed by atoms with Crippen LogP contribution >= 0.6 is 0 Å². The topological polar surface area (TPSA) is 150 Å². The number of para-hydroxylation sites is 1. The molecule has 1 aliphatic rings. The highest BCUT2D eigenvalue weighted by Crippen LogP contribution is 2.45. The van der Waals surface area contributed by atoms with Gasteiger partial charge in [-0.05, 0) is 52.9 Å². The third-order valence-electron chi connectivity index (χ3n) is 8.64. The third-order valence-corrected chi connectivity index (χ3v) is 8.64. The number of hydrogen-bond donors (Lipinski definition) is 3. The standard InChI is InChI=1S/C38H41N3O8/c1-4-5-19-33(36(43)44)41(40-35(42)24-48-25-13-7-6-8-14-25)38(39,32-21-20-26(46-2)22-34(32)47-3)37(45)49-23-31-29-17-11-9-15-27(29)28-16-10-12-18-30(28)31/h6-18,20-22,31,33H,4-5,19,23-24,39H2,1-3H3,(H,40,42)(H,43,44)/t33-,38?/m0/s1. The van der Waals surface area contributed by atoms with Crippen molar-refractivity contribution in [2.75, 3.05) is 27.4 Å². The minimum Gasteiger partial charge on any atom is -0.497 e. The van der Waals surface area contributed by atoms with E-state index in [1.807, 2.05) is 55.5 Å². The molecular weight excluding hydrogens is 626 g/mol. The lowest BCUT2D eigenvalue weighted by molar-refractivity contribution is -0.172. The van der Waals surface area contributed by atoms with Crippen molar-refractivity contribution in [2.45, 2.75) is 43.8 Å². The van der Waals surface area contributed by atoms with Gasteiger partial charge in [-0.2, -0.15) is 5.01 Å². The minimum atomic E-state index is -2.39. The molecule has 0 spiro atoms. The number of nitrogens with zero attached hydrogens (tertiary/aromatic N) is 1. The SMILES string of the molecule is CCCC[C@@H](C(=O)O)N(NC(=O)COc1ccccc1)C(N)(C(=O)OCC1c2ccccc2-c2ccccc21)c1ccc(OC)cc1OC. The first-order valence-electron chi connectivity index (χ1n) is 16.1. The summed E-state index contributed by atoms with van der Waals surface area (Å²) in [5.41, 5.74) is 11.4. The van der Waals surface area contributed by atoms with Crippen LogP contribution < -0.4 is 25.4 Å². The number of benzene rings is 4. The van der Waals surface area contributed by atoms with Gasteiger partial charge in [0.15, 0.2) is 6.61 Å². The van der Waals surface area contributed by atoms with Gasteiger partial charge in [0.25, 0.3) is 5.91 Å². The highest BCUT2D eigenvalue weighted by molar-refractivity contribution is 5.87. The monoisotopic (exact) mass is 667 g/mol. The number of unbranched alkanes of at least 4 members (excludes halogenated alkanes) is 1. The van der Waals surface area contributed by atoms with Crippen LogP contribution in [0.25, 0.3) is 11.1 Å². The molecule has 1 amide bonds. The van der Waals surface area contributed by atoms with Crippen LogP contribution in [-0.2, 0) is 24.8 Å². The number of fused-ring (bicyclic) bond motifs is 3. The Bertz CT molecular complexity index is 1740. The maximum absolute atomic E-state index is 14.6. The lowest BCUT2D eigenvalue weighted by Crippen LogP contribution is -2.69. The van der Waals surface area contributed by atoms with Crippen molar-refractivity contribution in [3.63, 3.8) is 0 Å². The van der Waals surface area contributed by atoms with E-state index in [0.717, 1.165) is 27.3 Å². The molecule has 2 atom stereocenters. The number of nitrogens with one attached hydrogen (secondary N) is 1. The quantitative estimate of drug-likeness (QED) is 0.0824. The van der Waals surface area contributed by atoms with Gasteiger partial charge in [0.2, 0.25) is 5.66 Å². The zero-order chi connectivity index (χ0) is 35.0. The number of methoxy groups -OCH3 is 2. The summed E-state index contributed by atoms with van der Waals surface area (Å²) < 4.78 is 22.7. The summed E-state index contributed by atoms with van der Waals surface area (Å²) in [4.78, 5) is 41.0. The summed E-state index contributed by atoms with van der Waals surface area (Å²) in [7, 11) is 2.86. The lowest BCUT2D eigenvalue weighted by Gasteiger charge is -2.42. The average molecular weight is 668 g/mol. The summed E-state index contributed by atoms with van der Waals surface area (Å²) in [6.07, 6.45) is 1.17. The number of carboxylic acids is 1. The number of rotatable bonds is 16. The van der Waals surface area contributed by atoms with E-state index in [0.29, 0.717) is 24.3 Å². The number of carbonyl (C=O) groups excluding carboxylic acids is 2. The Labute approximate surface area is 285 Å². The summed E-state index contributed by atoms with van der Waals surface area (Å²) in [5.74, 6) is -2.39. The summed E-state index contributed by atoms with van der Waals surface area (Å²) in [6.45, 7) is 1.32. The molecule has 49 heavy (non-hydrogen) atoms. The average Bonchev–Trinajstić information content (AvgIpc) is 3.45. The number of carboxylic acid groups (broad SMARTS) is 1. The highest BCUT2D eigenvalue weighted by Gasteiger charge is 2.52. The van der Waals surface area contributed by atoms with E-state index in [-0.39, 0.29) is 30.3 Å². The Balaban J connectivity index is 1.56. The van der Waals surface area contributed by atoms with E-state index in [9.17, 15) is 19.5 Å². The van der Waals surface area contributed by atoms with Crippen LogP contribution in [-0.4, -0.2) is 61.4 Å². The van der Waals surface area contributed by atoms with E-state index in [4.69, 9.17) is 24.7 Å². The molecule has 5 rings (SSSR count). The van der Waals surface area contributed by atoms with Crippen molar-refractivity contribution in [3.8, 4) is 28.4 Å². The number of hydrogen-bond acceptors (Lipinski definition) is 9. The summed E-state index contributed by atoms with van der Waals surface area (Å²) in [5, 5.41) is 11.5. The smallest absolute Gasteiger partial charge is 0.348 e. The van der Waals surface area contributed by atoms with Crippen LogP contribution in [0.2, 0.25) is 0 Å². The number of amides is 1. The van der Waals surface area contributed by atoms with E-state index in [1.165, 1.54) is 26.4 Å². The van der Waals surface area contributed by atoms with Gasteiger partial charge in [0, 0.05) is 17.5 Å². The maximum atomic E-state index is 14.6. The van der Waals surface area contributed by atoms with Gasteiger partial charge in [0.05, 0.1) is 14.2 Å². The molecule has 4 N–H and O–H groups in total. The summed E-state index contributed by atoms with van der Waals surface area (Å²) in [6, 6.07) is 27.6. The Kier molecular flexibility index (Phi) is 11.2. The maximum Gasteiger partial charge on any atom is 0.348 e. The molecule has 0 fully saturated rings. The summed E-state index contributed by atoms with van der Waals surface area (Å²) >= 11 is 0. The first-order valence-corrected chi connectivity index (χ1v) is 16.1. The molecule has 0 aliphatic heterocycles. The Morgan fingerprint density at radius 1 is 0.878 bits per heavy atom. The van der Waals surface area contributed by atoms with Crippen molar-refractivity contribution in [1.82, 2.24) is 10.4 Å². The fourth-order valence-corrected chi connectivity index (χ4v) is 6.16. The number of aliphatic carboxylic acids is 1. The third kappa shape index (κ3) is 7.38. The van der Waals surface area contributed by atoms with Gasteiger partial charge in [-0.1, -0.05) is 86.5 Å². The lowest BCUT2D eigenvalue weighted by atomic mass is 9.94. The molecule has 1 unspecified atom stereocenters. The van der Waals surface area contributed by atoms with Gasteiger partial charge >= 0.3 is 11.9 Å². The van der Waals surface area contributed by atoms with Crippen LogP contribution in [0.3, 0.4) is 0 Å². The number of esters is 1. The van der Waals surface area contributed by atoms with E-state index in [2.05, 4.69) is 5.43 Å². The molecule has 0 aromatic heterocycles. The first kappa shape index (κ1) is 34.9. The molecule has 256 valence electrons. The number of carbonyl (C=O) groups is 3. The van der Waals surface area contributed by atoms with E-state index >= 15 is 0 Å². The zero-order valence-electron chi connectivity index (χ0n) is 27.8. The van der Waals surface area contributed by atoms with Crippen LogP contribution in [0, 0.1) is 0 Å². The molecule has 0 saturated heterocycles. The fourth-order valence-electron chi connectivity index (χ4n) is 6.16. The van der Waals surface area contributed by atoms with Gasteiger partial charge in [-0.25, -0.2) is 4.79 Å². The number of ether oxygens (including phenoxy) is 4. The fraction of sp³-hybridized carbons (Fsp3) is 0.289. The highest BCUT2D eigenvalue weighted by atomic mass is 16.5. The van der Waals surface area contributed by atoms with E-state index < -0.39 is 36.2 Å². The van der Waals surface area contributed by atoms with Crippen molar-refractivity contribution >= 4 is 17.8 Å². The minimum absolute atomic E-state index is 0.0553. The normalized spacial score (nSPS) is 13.8. The van der Waals surface area contributed by atoms with Gasteiger partial charge < -0.3 is 24.1 Å². The molecular formula is C38H41N3O8. The Hall–Kier alpha value is -5.39. The van der Waals surface area contributed by atoms with Gasteiger partial charge in [-0.3, -0.25) is 20.7 Å². The van der Waals surface area contributed by atoms with Gasteiger partial charge in [0.1, 0.15) is 29.9 Å². The van der Waals surface area contributed by atoms with Gasteiger partial charge in [-0.15, -0.1) is 0 Å². The largest absolute Gasteiger partial charge is 0.497 e. The first-order chi connectivity index (χ1) is 23.7. The second kappa shape index (κ2) is 15.7. The number of nitrogens with two attached hydrogens (primary N) is 1. The molecule has 0 saturated carbocycles. The molecule has 0 radical (unpaired) electrons. The molecule has 11 heteroatoms. The van der Waals surface area contributed by atoms with Crippen molar-refractivity contribution < 1.29 is 38.4 Å². The van der Waals surface area contributed by atoms with Crippen molar-refractivity contribution in [3.05, 3.63) is 114 Å². The molecule has 0 bridgehead atoms. The van der Waals surface area contributed by atoms with Crippen LogP contribution in [0.15, 0.2) is 97.1 Å². The van der Waals surface area contributed by atoms with E-state index in [1.54, 1.807) is 36.4 Å². The molecule has 0 heterocycles. The Morgan fingerprint density at radius 2 is 1.51 bits per heavy atom. The molecule has 4 aromatic rings. The molecule has 11 nitrogen and oxygen atoms in total. The second-order valence-corrected chi connectivity index (χ2v) is 11.7.